The van der Waals surface area contributed by atoms with Crippen molar-refractivity contribution in [1.29, 1.82) is 0 Å². The Balaban J connectivity index is 1.65. The Kier molecular flexibility index (Phi) is 4.88. The smallest absolute Gasteiger partial charge is 0.106 e. The second-order valence-electron chi connectivity index (χ2n) is 5.02. The molecule has 2 nitrogen and oxygen atoms in total. The summed E-state index contributed by atoms with van der Waals surface area (Å²) in [6, 6.07) is 23.9. The summed E-state index contributed by atoms with van der Waals surface area (Å²) < 4.78 is 0. The Hall–Kier alpha value is -2.10. The van der Waals surface area contributed by atoms with Crippen LogP contribution in [0.1, 0.15) is 22.8 Å². The van der Waals surface area contributed by atoms with Gasteiger partial charge in [0.05, 0.1) is 5.03 Å². The first-order valence-corrected chi connectivity index (χ1v) is 8.17. The maximum Gasteiger partial charge on any atom is 0.106 e. The second-order valence-corrected chi connectivity index (χ2v) is 6.01. The standard InChI is InChI=1S/C19H17NOS/c21-19(16-9-5-2-6-10-16)17-11-12-18(20-13-17)22-14-15-7-3-1-4-8-15/h1-13,19,21H,14H2/t19-/m0/s1. The number of hydrogen-bond donors (Lipinski definition) is 1. The normalized spacial score (nSPS) is 12.0. The minimum Gasteiger partial charge on any atom is -0.384 e. The number of rotatable bonds is 5. The van der Waals surface area contributed by atoms with E-state index >= 15 is 0 Å². The number of aliphatic hydroxyl groups excluding tert-OH is 1. The van der Waals surface area contributed by atoms with Crippen molar-refractivity contribution < 1.29 is 5.11 Å². The maximum absolute atomic E-state index is 10.3. The highest BCUT2D eigenvalue weighted by Gasteiger charge is 2.10. The number of aromatic nitrogens is 1. The van der Waals surface area contributed by atoms with E-state index in [0.717, 1.165) is 21.9 Å². The van der Waals surface area contributed by atoms with Gasteiger partial charge in [0, 0.05) is 17.5 Å². The molecule has 1 N–H and O–H groups in total. The molecule has 0 aliphatic heterocycles. The van der Waals surface area contributed by atoms with Gasteiger partial charge in [-0.05, 0) is 17.2 Å². The van der Waals surface area contributed by atoms with E-state index in [0.29, 0.717) is 0 Å². The molecule has 0 amide bonds. The molecule has 110 valence electrons. The van der Waals surface area contributed by atoms with Gasteiger partial charge in [0.15, 0.2) is 0 Å². The molecule has 0 aliphatic rings. The van der Waals surface area contributed by atoms with Gasteiger partial charge in [0.25, 0.3) is 0 Å². The number of benzene rings is 2. The van der Waals surface area contributed by atoms with Crippen molar-refractivity contribution in [3.63, 3.8) is 0 Å². The van der Waals surface area contributed by atoms with Crippen LogP contribution in [0.2, 0.25) is 0 Å². The zero-order valence-electron chi connectivity index (χ0n) is 12.1. The summed E-state index contributed by atoms with van der Waals surface area (Å²) in [5, 5.41) is 11.3. The van der Waals surface area contributed by atoms with Gasteiger partial charge in [-0.3, -0.25) is 0 Å². The lowest BCUT2D eigenvalue weighted by atomic mass is 10.0. The van der Waals surface area contributed by atoms with E-state index in [4.69, 9.17) is 0 Å². The molecule has 0 bridgehead atoms. The van der Waals surface area contributed by atoms with Crippen molar-refractivity contribution in [2.24, 2.45) is 0 Å². The Morgan fingerprint density at radius 3 is 2.14 bits per heavy atom. The number of aliphatic hydroxyl groups is 1. The van der Waals surface area contributed by atoms with Crippen molar-refractivity contribution in [3.8, 4) is 0 Å². The van der Waals surface area contributed by atoms with Gasteiger partial charge in [0.1, 0.15) is 6.10 Å². The van der Waals surface area contributed by atoms with Gasteiger partial charge in [-0.1, -0.05) is 66.7 Å². The predicted molar refractivity (Wildman–Crippen MR) is 90.7 cm³/mol. The molecule has 22 heavy (non-hydrogen) atoms. The van der Waals surface area contributed by atoms with E-state index in [9.17, 15) is 5.11 Å². The van der Waals surface area contributed by atoms with Crippen LogP contribution >= 0.6 is 11.8 Å². The molecule has 3 heteroatoms. The minimum atomic E-state index is -0.623. The Bertz CT molecular complexity index is 699. The first-order chi connectivity index (χ1) is 10.8. The number of nitrogens with zero attached hydrogens (tertiary/aromatic N) is 1. The molecule has 0 saturated carbocycles. The third-order valence-corrected chi connectivity index (χ3v) is 4.43. The van der Waals surface area contributed by atoms with E-state index in [1.807, 2.05) is 60.7 Å². The van der Waals surface area contributed by atoms with Gasteiger partial charge < -0.3 is 5.11 Å². The molecule has 0 aliphatic carbocycles. The summed E-state index contributed by atoms with van der Waals surface area (Å²) in [7, 11) is 0. The highest BCUT2D eigenvalue weighted by atomic mass is 32.2. The first kappa shape index (κ1) is 14.8. The molecule has 1 aromatic heterocycles. The molecule has 0 fully saturated rings. The lowest BCUT2D eigenvalue weighted by Crippen LogP contribution is -2.00. The van der Waals surface area contributed by atoms with Crippen molar-refractivity contribution in [1.82, 2.24) is 4.98 Å². The average Bonchev–Trinajstić information content (AvgIpc) is 2.61. The zero-order chi connectivity index (χ0) is 15.2. The summed E-state index contributed by atoms with van der Waals surface area (Å²) in [6.45, 7) is 0. The third-order valence-electron chi connectivity index (χ3n) is 3.42. The molecular formula is C19H17NOS. The van der Waals surface area contributed by atoms with Crippen molar-refractivity contribution in [2.75, 3.05) is 0 Å². The monoisotopic (exact) mass is 307 g/mol. The summed E-state index contributed by atoms with van der Waals surface area (Å²) in [5.74, 6) is 0.897. The molecule has 1 atom stereocenters. The molecule has 1 heterocycles. The van der Waals surface area contributed by atoms with E-state index in [1.54, 1.807) is 18.0 Å². The summed E-state index contributed by atoms with van der Waals surface area (Å²) >= 11 is 1.70. The zero-order valence-corrected chi connectivity index (χ0v) is 12.9. The van der Waals surface area contributed by atoms with Crippen molar-refractivity contribution in [2.45, 2.75) is 16.9 Å². The average molecular weight is 307 g/mol. The van der Waals surface area contributed by atoms with E-state index < -0.39 is 6.10 Å². The van der Waals surface area contributed by atoms with Crippen molar-refractivity contribution in [3.05, 3.63) is 95.7 Å². The lowest BCUT2D eigenvalue weighted by molar-refractivity contribution is 0.219. The molecule has 3 aromatic rings. The fraction of sp³-hybridized carbons (Fsp3) is 0.105. The summed E-state index contributed by atoms with van der Waals surface area (Å²) in [4.78, 5) is 4.44. The fourth-order valence-electron chi connectivity index (χ4n) is 2.20. The third kappa shape index (κ3) is 3.75. The molecule has 0 radical (unpaired) electrons. The summed E-state index contributed by atoms with van der Waals surface area (Å²) in [6.07, 6.45) is 1.13. The van der Waals surface area contributed by atoms with Crippen LogP contribution < -0.4 is 0 Å². The lowest BCUT2D eigenvalue weighted by Gasteiger charge is -2.11. The highest BCUT2D eigenvalue weighted by molar-refractivity contribution is 7.98. The molecule has 2 aromatic carbocycles. The van der Waals surface area contributed by atoms with Crippen LogP contribution in [0, 0.1) is 0 Å². The van der Waals surface area contributed by atoms with Crippen LogP contribution in [0.4, 0.5) is 0 Å². The number of thioether (sulfide) groups is 1. The van der Waals surface area contributed by atoms with Crippen LogP contribution in [-0.2, 0) is 5.75 Å². The Morgan fingerprint density at radius 2 is 1.50 bits per heavy atom. The first-order valence-electron chi connectivity index (χ1n) is 7.18. The van der Waals surface area contributed by atoms with E-state index in [2.05, 4.69) is 17.1 Å². The van der Waals surface area contributed by atoms with Crippen LogP contribution in [-0.4, -0.2) is 10.1 Å². The van der Waals surface area contributed by atoms with Crippen LogP contribution in [0.25, 0.3) is 0 Å². The van der Waals surface area contributed by atoms with Gasteiger partial charge in [0.2, 0.25) is 0 Å². The Labute approximate surface area is 134 Å². The van der Waals surface area contributed by atoms with Gasteiger partial charge in [-0.2, -0.15) is 0 Å². The van der Waals surface area contributed by atoms with Gasteiger partial charge >= 0.3 is 0 Å². The van der Waals surface area contributed by atoms with Crippen LogP contribution in [0.3, 0.4) is 0 Å². The largest absolute Gasteiger partial charge is 0.384 e. The number of pyridine rings is 1. The van der Waals surface area contributed by atoms with E-state index in [-0.39, 0.29) is 0 Å². The highest BCUT2D eigenvalue weighted by Crippen LogP contribution is 2.24. The molecule has 0 unspecified atom stereocenters. The topological polar surface area (TPSA) is 33.1 Å². The Morgan fingerprint density at radius 1 is 0.818 bits per heavy atom. The SMILES string of the molecule is O[C@@H](c1ccccc1)c1ccc(SCc2ccccc2)nc1. The molecule has 3 rings (SSSR count). The number of hydrogen-bond acceptors (Lipinski definition) is 3. The fourth-order valence-corrected chi connectivity index (χ4v) is 3.00. The minimum absolute atomic E-state index is 0.623. The van der Waals surface area contributed by atoms with Crippen molar-refractivity contribution >= 4 is 11.8 Å². The molecule has 0 saturated heterocycles. The van der Waals surface area contributed by atoms with Crippen LogP contribution in [0.5, 0.6) is 0 Å². The van der Waals surface area contributed by atoms with Gasteiger partial charge in [-0.15, -0.1) is 11.8 Å². The van der Waals surface area contributed by atoms with Gasteiger partial charge in [-0.25, -0.2) is 4.98 Å². The maximum atomic E-state index is 10.3. The predicted octanol–water partition coefficient (Wildman–Crippen LogP) is 4.46. The van der Waals surface area contributed by atoms with E-state index in [1.165, 1.54) is 5.56 Å². The molecule has 0 spiro atoms. The summed E-state index contributed by atoms with van der Waals surface area (Å²) in [5.41, 5.74) is 2.98. The quantitative estimate of drug-likeness (QED) is 0.707. The second kappa shape index (κ2) is 7.25. The molecular weight excluding hydrogens is 290 g/mol. The van der Waals surface area contributed by atoms with Crippen LogP contribution in [0.15, 0.2) is 84.0 Å².